The third-order valence-electron chi connectivity index (χ3n) is 5.24. The van der Waals surface area contributed by atoms with Gasteiger partial charge in [0.05, 0.1) is 12.3 Å². The lowest BCUT2D eigenvalue weighted by atomic mass is 9.98. The van der Waals surface area contributed by atoms with E-state index in [0.717, 1.165) is 0 Å². The molecule has 6 nitrogen and oxygen atoms in total. The second-order valence-electron chi connectivity index (χ2n) is 7.30. The van der Waals surface area contributed by atoms with Crippen LogP contribution in [0.4, 0.5) is 4.79 Å². The fraction of sp³-hybridized carbons (Fsp3) is 0.240. The lowest BCUT2D eigenvalue weighted by Crippen LogP contribution is -2.26. The first kappa shape index (κ1) is 21.8. The monoisotopic (exact) mass is 448 g/mol. The molecule has 1 aliphatic rings. The highest BCUT2D eigenvalue weighted by Crippen LogP contribution is 2.44. The number of aryl methyl sites for hydroxylation is 1. The fourth-order valence-corrected chi connectivity index (χ4v) is 4.72. The summed E-state index contributed by atoms with van der Waals surface area (Å²) in [5, 5.41) is 3.41. The van der Waals surface area contributed by atoms with Gasteiger partial charge >= 0.3 is 12.1 Å². The molecule has 2 aromatic carbocycles. The van der Waals surface area contributed by atoms with E-state index in [4.69, 9.17) is 9.47 Å². The van der Waals surface area contributed by atoms with E-state index < -0.39 is 6.09 Å². The molecule has 164 valence electrons. The van der Waals surface area contributed by atoms with Crippen molar-refractivity contribution in [3.63, 3.8) is 0 Å². The van der Waals surface area contributed by atoms with Crippen molar-refractivity contribution in [2.24, 2.45) is 0 Å². The standard InChI is InChI=1S/C25H24N2O4S/c1-3-30-24(28)23-16(2)27-22(32-23)13-8-14-26-25(29)31-15-21-19-11-6-4-9-17(19)18-10-5-7-12-20(18)21/h4-13,21H,3,14-15H2,1-2H3,(H,26,29). The molecule has 0 spiro atoms. The maximum atomic E-state index is 12.2. The number of ether oxygens (including phenoxy) is 2. The predicted molar refractivity (Wildman–Crippen MR) is 125 cm³/mol. The molecule has 0 radical (unpaired) electrons. The number of carbonyl (C=O) groups is 2. The molecule has 0 bridgehead atoms. The van der Waals surface area contributed by atoms with Gasteiger partial charge in [0, 0.05) is 12.5 Å². The van der Waals surface area contributed by atoms with E-state index in [1.54, 1.807) is 26.0 Å². The minimum absolute atomic E-state index is 0.0308. The first-order valence-corrected chi connectivity index (χ1v) is 11.3. The number of carbonyl (C=O) groups excluding carboxylic acids is 2. The Bertz CT molecular complexity index is 1120. The highest BCUT2D eigenvalue weighted by Gasteiger charge is 2.28. The number of amides is 1. The maximum Gasteiger partial charge on any atom is 0.407 e. The van der Waals surface area contributed by atoms with Crippen LogP contribution in [0.3, 0.4) is 0 Å². The van der Waals surface area contributed by atoms with E-state index in [0.29, 0.717) is 28.7 Å². The minimum Gasteiger partial charge on any atom is -0.462 e. The van der Waals surface area contributed by atoms with Crippen molar-refractivity contribution in [2.75, 3.05) is 19.8 Å². The van der Waals surface area contributed by atoms with Gasteiger partial charge < -0.3 is 14.8 Å². The van der Waals surface area contributed by atoms with Gasteiger partial charge in [-0.1, -0.05) is 54.6 Å². The summed E-state index contributed by atoms with van der Waals surface area (Å²) in [5.74, 6) is -0.331. The van der Waals surface area contributed by atoms with Gasteiger partial charge in [-0.05, 0) is 42.2 Å². The number of rotatable bonds is 7. The van der Waals surface area contributed by atoms with Crippen LogP contribution in [-0.2, 0) is 9.47 Å². The molecular formula is C25H24N2O4S. The molecule has 4 rings (SSSR count). The van der Waals surface area contributed by atoms with Crippen molar-refractivity contribution in [1.82, 2.24) is 10.3 Å². The summed E-state index contributed by atoms with van der Waals surface area (Å²) in [4.78, 5) is 28.9. The number of benzene rings is 2. The topological polar surface area (TPSA) is 77.5 Å². The molecule has 1 amide bonds. The molecule has 0 saturated carbocycles. The molecule has 1 heterocycles. The Balaban J connectivity index is 1.30. The van der Waals surface area contributed by atoms with Crippen molar-refractivity contribution in [3.05, 3.63) is 81.3 Å². The molecule has 0 atom stereocenters. The SMILES string of the molecule is CCOC(=O)c1sc(C=CCNC(=O)OCC2c3ccccc3-c3ccccc32)nc1C. The second kappa shape index (κ2) is 9.78. The van der Waals surface area contributed by atoms with Gasteiger partial charge in [-0.15, -0.1) is 11.3 Å². The number of esters is 1. The summed E-state index contributed by atoms with van der Waals surface area (Å²) >= 11 is 1.26. The van der Waals surface area contributed by atoms with Crippen LogP contribution in [0.2, 0.25) is 0 Å². The van der Waals surface area contributed by atoms with Gasteiger partial charge in [-0.2, -0.15) is 0 Å². The first-order valence-electron chi connectivity index (χ1n) is 10.5. The normalized spacial score (nSPS) is 12.4. The highest BCUT2D eigenvalue weighted by molar-refractivity contribution is 7.14. The average molecular weight is 449 g/mol. The van der Waals surface area contributed by atoms with Crippen LogP contribution < -0.4 is 5.32 Å². The van der Waals surface area contributed by atoms with E-state index >= 15 is 0 Å². The van der Waals surface area contributed by atoms with Crippen molar-refractivity contribution in [2.45, 2.75) is 19.8 Å². The zero-order chi connectivity index (χ0) is 22.5. The number of nitrogens with one attached hydrogen (secondary N) is 1. The maximum absolute atomic E-state index is 12.2. The fourth-order valence-electron chi connectivity index (χ4n) is 3.83. The zero-order valence-electron chi connectivity index (χ0n) is 18.0. The van der Waals surface area contributed by atoms with Crippen LogP contribution in [0.25, 0.3) is 17.2 Å². The molecular weight excluding hydrogens is 424 g/mol. The van der Waals surface area contributed by atoms with Gasteiger partial charge in [-0.25, -0.2) is 14.6 Å². The number of fused-ring (bicyclic) bond motifs is 3. The zero-order valence-corrected chi connectivity index (χ0v) is 18.8. The first-order chi connectivity index (χ1) is 15.6. The van der Waals surface area contributed by atoms with Gasteiger partial charge in [0.1, 0.15) is 16.5 Å². The van der Waals surface area contributed by atoms with E-state index in [9.17, 15) is 9.59 Å². The Morgan fingerprint density at radius 2 is 1.72 bits per heavy atom. The molecule has 1 aromatic heterocycles. The van der Waals surface area contributed by atoms with Gasteiger partial charge in [0.25, 0.3) is 0 Å². The van der Waals surface area contributed by atoms with Crippen molar-refractivity contribution in [3.8, 4) is 11.1 Å². The highest BCUT2D eigenvalue weighted by atomic mass is 32.1. The van der Waals surface area contributed by atoms with E-state index in [1.807, 2.05) is 24.3 Å². The van der Waals surface area contributed by atoms with Crippen LogP contribution in [-0.4, -0.2) is 36.8 Å². The predicted octanol–water partition coefficient (Wildman–Crippen LogP) is 5.18. The number of hydrogen-bond acceptors (Lipinski definition) is 6. The molecule has 1 aliphatic carbocycles. The minimum atomic E-state index is -0.473. The van der Waals surface area contributed by atoms with E-state index in [1.165, 1.54) is 33.6 Å². The van der Waals surface area contributed by atoms with Gasteiger partial charge in [0.15, 0.2) is 0 Å². The Kier molecular flexibility index (Phi) is 6.66. The molecule has 32 heavy (non-hydrogen) atoms. The summed E-state index contributed by atoms with van der Waals surface area (Å²) in [5.41, 5.74) is 5.38. The van der Waals surface area contributed by atoms with Crippen LogP contribution in [0.15, 0.2) is 54.6 Å². The number of aromatic nitrogens is 1. The third-order valence-corrected chi connectivity index (χ3v) is 6.35. The molecule has 3 aromatic rings. The summed E-state index contributed by atoms with van der Waals surface area (Å²) in [6.07, 6.45) is 3.07. The quantitative estimate of drug-likeness (QED) is 0.504. The number of thiazole rings is 1. The second-order valence-corrected chi connectivity index (χ2v) is 8.33. The van der Waals surface area contributed by atoms with Crippen LogP contribution >= 0.6 is 11.3 Å². The van der Waals surface area contributed by atoms with Crippen molar-refractivity contribution >= 4 is 29.5 Å². The molecule has 1 N–H and O–H groups in total. The Morgan fingerprint density at radius 3 is 2.38 bits per heavy atom. The van der Waals surface area contributed by atoms with Crippen molar-refractivity contribution in [1.29, 1.82) is 0 Å². The van der Waals surface area contributed by atoms with E-state index in [2.05, 4.69) is 34.6 Å². The summed E-state index contributed by atoms with van der Waals surface area (Å²) < 4.78 is 10.5. The Labute approximate surface area is 190 Å². The third kappa shape index (κ3) is 4.57. The van der Waals surface area contributed by atoms with E-state index in [-0.39, 0.29) is 18.5 Å². The summed E-state index contributed by atoms with van der Waals surface area (Å²) in [7, 11) is 0. The Morgan fingerprint density at radius 1 is 1.06 bits per heavy atom. The van der Waals surface area contributed by atoms with Crippen molar-refractivity contribution < 1.29 is 19.1 Å². The van der Waals surface area contributed by atoms with Gasteiger partial charge in [0.2, 0.25) is 0 Å². The number of alkyl carbamates (subject to hydrolysis) is 1. The molecule has 0 unspecified atom stereocenters. The molecule has 0 aliphatic heterocycles. The Hall–Kier alpha value is -3.45. The lowest BCUT2D eigenvalue weighted by Gasteiger charge is -2.14. The van der Waals surface area contributed by atoms with Gasteiger partial charge in [-0.3, -0.25) is 0 Å². The summed E-state index contributed by atoms with van der Waals surface area (Å²) in [6.45, 7) is 4.44. The van der Waals surface area contributed by atoms with Crippen LogP contribution in [0.1, 0.15) is 44.3 Å². The van der Waals surface area contributed by atoms with Crippen LogP contribution in [0, 0.1) is 6.92 Å². The average Bonchev–Trinajstić information content (AvgIpc) is 3.33. The lowest BCUT2D eigenvalue weighted by molar-refractivity contribution is 0.0531. The largest absolute Gasteiger partial charge is 0.462 e. The molecule has 0 saturated heterocycles. The van der Waals surface area contributed by atoms with Crippen LogP contribution in [0.5, 0.6) is 0 Å². The smallest absolute Gasteiger partial charge is 0.407 e. The molecule has 0 fully saturated rings. The number of hydrogen-bond donors (Lipinski definition) is 1. The summed E-state index contributed by atoms with van der Waals surface area (Å²) in [6, 6.07) is 16.5. The molecule has 7 heteroatoms. The number of nitrogens with zero attached hydrogens (tertiary/aromatic N) is 1.